The van der Waals surface area contributed by atoms with Gasteiger partial charge in [-0.1, -0.05) is 6.07 Å². The molecule has 0 aliphatic rings. The molecule has 0 aromatic heterocycles. The van der Waals surface area contributed by atoms with Crippen LogP contribution in [0.1, 0.15) is 5.56 Å². The summed E-state index contributed by atoms with van der Waals surface area (Å²) in [6.07, 6.45) is 0.777. The van der Waals surface area contributed by atoms with Crippen LogP contribution >= 0.6 is 0 Å². The topological polar surface area (TPSA) is 120 Å². The van der Waals surface area contributed by atoms with Crippen molar-refractivity contribution in [1.29, 1.82) is 0 Å². The molecule has 0 bridgehead atoms. The lowest BCUT2D eigenvalue weighted by molar-refractivity contribution is -0.385. The summed E-state index contributed by atoms with van der Waals surface area (Å²) in [6, 6.07) is 6.87. The highest BCUT2D eigenvalue weighted by Gasteiger charge is 2.17. The summed E-state index contributed by atoms with van der Waals surface area (Å²) in [4.78, 5) is 11.2. The Bertz CT molecular complexity index is 1020. The largest absolute Gasteiger partial charge is 0.435 e. The first kappa shape index (κ1) is 21.9. The van der Waals surface area contributed by atoms with Gasteiger partial charge in [-0.15, -0.1) is 0 Å². The van der Waals surface area contributed by atoms with E-state index in [1.165, 1.54) is 0 Å². The third kappa shape index (κ3) is 6.31. The number of halogens is 4. The zero-order valence-corrected chi connectivity index (χ0v) is 14.9. The van der Waals surface area contributed by atoms with Crippen LogP contribution in [0.2, 0.25) is 0 Å². The van der Waals surface area contributed by atoms with E-state index in [4.69, 9.17) is 0 Å². The van der Waals surface area contributed by atoms with Gasteiger partial charge in [0.2, 0.25) is 0 Å². The number of nitrogens with one attached hydrogen (secondary N) is 1. The molecule has 2 aromatic carbocycles. The minimum absolute atomic E-state index is 0.186. The van der Waals surface area contributed by atoms with Crippen LogP contribution in [0, 0.1) is 10.1 Å². The second-order valence-electron chi connectivity index (χ2n) is 5.06. The average molecular weight is 437 g/mol. The van der Waals surface area contributed by atoms with E-state index < -0.39 is 50.3 Å². The molecule has 0 spiro atoms. The quantitative estimate of drug-likeness (QED) is 0.279. The lowest BCUT2D eigenvalue weighted by Crippen LogP contribution is -2.18. The zero-order chi connectivity index (χ0) is 21.6. The fourth-order valence-electron chi connectivity index (χ4n) is 1.98. The third-order valence-corrected chi connectivity index (χ3v) is 4.36. The third-order valence-electron chi connectivity index (χ3n) is 3.14. The van der Waals surface area contributed by atoms with E-state index in [1.54, 1.807) is 4.83 Å². The molecule has 29 heavy (non-hydrogen) atoms. The van der Waals surface area contributed by atoms with E-state index >= 15 is 0 Å². The predicted molar refractivity (Wildman–Crippen MR) is 90.7 cm³/mol. The molecule has 14 heteroatoms. The van der Waals surface area contributed by atoms with Gasteiger partial charge in [0.25, 0.3) is 15.7 Å². The maximum absolute atomic E-state index is 12.5. The molecule has 0 unspecified atom stereocenters. The Labute approximate surface area is 160 Å². The number of hydrogen-bond donors (Lipinski definition) is 1. The van der Waals surface area contributed by atoms with Crippen molar-refractivity contribution < 1.29 is 40.4 Å². The van der Waals surface area contributed by atoms with Crippen LogP contribution in [-0.4, -0.2) is 32.8 Å². The number of nitrogens with zero attached hydrogens (tertiary/aromatic N) is 2. The van der Waals surface area contributed by atoms with Crippen molar-refractivity contribution in [2.75, 3.05) is 0 Å². The number of hydrazone groups is 1. The van der Waals surface area contributed by atoms with Gasteiger partial charge in [-0.2, -0.15) is 31.1 Å². The molecule has 2 rings (SSSR count). The number of alkyl halides is 4. The SMILES string of the molecule is O=[N+]([O-])c1cccc(S(=O)(=O)N/N=C/c2ccc(OC(F)F)cc2OC(F)F)c1. The van der Waals surface area contributed by atoms with Crippen molar-refractivity contribution in [3.8, 4) is 11.5 Å². The molecule has 0 atom stereocenters. The minimum atomic E-state index is -4.31. The van der Waals surface area contributed by atoms with Crippen molar-refractivity contribution in [2.24, 2.45) is 5.10 Å². The Kier molecular flexibility index (Phi) is 6.93. The zero-order valence-electron chi connectivity index (χ0n) is 14.0. The van der Waals surface area contributed by atoms with Gasteiger partial charge in [0.15, 0.2) is 0 Å². The Morgan fingerprint density at radius 2 is 1.76 bits per heavy atom. The Balaban J connectivity index is 2.24. The normalized spacial score (nSPS) is 11.8. The maximum atomic E-state index is 12.5. The van der Waals surface area contributed by atoms with Gasteiger partial charge in [-0.05, 0) is 18.2 Å². The number of ether oxygens (including phenoxy) is 2. The summed E-state index contributed by atoms with van der Waals surface area (Å²) in [5.41, 5.74) is -0.659. The molecule has 0 aliphatic heterocycles. The molecule has 2 aromatic rings. The van der Waals surface area contributed by atoms with Gasteiger partial charge in [0.1, 0.15) is 11.5 Å². The number of sulfonamides is 1. The number of non-ortho nitro benzene ring substituents is 1. The fraction of sp³-hybridized carbons (Fsp3) is 0.133. The smallest absolute Gasteiger partial charge is 0.387 e. The van der Waals surface area contributed by atoms with Crippen molar-refractivity contribution in [3.05, 3.63) is 58.1 Å². The van der Waals surface area contributed by atoms with Gasteiger partial charge in [-0.3, -0.25) is 10.1 Å². The van der Waals surface area contributed by atoms with E-state index in [0.29, 0.717) is 0 Å². The molecule has 0 radical (unpaired) electrons. The number of nitro benzene ring substituents is 1. The van der Waals surface area contributed by atoms with E-state index in [0.717, 1.165) is 48.7 Å². The monoisotopic (exact) mass is 437 g/mol. The number of benzene rings is 2. The molecule has 156 valence electrons. The molecule has 0 saturated heterocycles. The summed E-state index contributed by atoms with van der Waals surface area (Å²) in [7, 11) is -4.31. The molecule has 1 N–H and O–H groups in total. The van der Waals surface area contributed by atoms with Crippen LogP contribution in [0.5, 0.6) is 11.5 Å². The molecule has 0 saturated carbocycles. The second kappa shape index (κ2) is 9.18. The highest BCUT2D eigenvalue weighted by Crippen LogP contribution is 2.26. The van der Waals surface area contributed by atoms with Crippen LogP contribution in [0.25, 0.3) is 0 Å². The summed E-state index contributed by atoms with van der Waals surface area (Å²) in [6.45, 7) is -6.50. The molecule has 0 aliphatic carbocycles. The van der Waals surface area contributed by atoms with E-state index in [9.17, 15) is 36.1 Å². The van der Waals surface area contributed by atoms with Crippen molar-refractivity contribution in [1.82, 2.24) is 4.83 Å². The molecular formula is C15H11F4N3O6S. The lowest BCUT2D eigenvalue weighted by Gasteiger charge is -2.11. The summed E-state index contributed by atoms with van der Waals surface area (Å²) in [5, 5.41) is 14.1. The first-order valence-corrected chi connectivity index (χ1v) is 8.90. The summed E-state index contributed by atoms with van der Waals surface area (Å²) < 4.78 is 82.0. The van der Waals surface area contributed by atoms with Crippen molar-refractivity contribution in [3.63, 3.8) is 0 Å². The Morgan fingerprint density at radius 3 is 2.38 bits per heavy atom. The molecule has 0 amide bonds. The van der Waals surface area contributed by atoms with E-state index in [-0.39, 0.29) is 5.56 Å². The van der Waals surface area contributed by atoms with Crippen LogP contribution in [0.3, 0.4) is 0 Å². The van der Waals surface area contributed by atoms with Gasteiger partial charge in [-0.25, -0.2) is 4.83 Å². The number of rotatable bonds is 9. The number of nitro groups is 1. The average Bonchev–Trinajstić information content (AvgIpc) is 2.62. The van der Waals surface area contributed by atoms with Crippen LogP contribution in [-0.2, 0) is 10.0 Å². The van der Waals surface area contributed by atoms with Gasteiger partial charge >= 0.3 is 13.2 Å². The van der Waals surface area contributed by atoms with E-state index in [2.05, 4.69) is 14.6 Å². The van der Waals surface area contributed by atoms with Gasteiger partial charge < -0.3 is 9.47 Å². The standard InChI is InChI=1S/C15H11F4N3O6S/c16-14(17)27-11-5-4-9(13(7-11)28-15(18)19)8-20-21-29(25,26)12-3-1-2-10(6-12)22(23)24/h1-8,14-15,21H/b20-8+. The van der Waals surface area contributed by atoms with E-state index in [1.807, 2.05) is 0 Å². The second-order valence-corrected chi connectivity index (χ2v) is 6.72. The Morgan fingerprint density at radius 1 is 1.07 bits per heavy atom. The first-order valence-electron chi connectivity index (χ1n) is 7.41. The fourth-order valence-corrected chi connectivity index (χ4v) is 2.81. The van der Waals surface area contributed by atoms with Crippen LogP contribution in [0.4, 0.5) is 23.2 Å². The van der Waals surface area contributed by atoms with Gasteiger partial charge in [0.05, 0.1) is 16.0 Å². The molecule has 0 fully saturated rings. The molecular weight excluding hydrogens is 426 g/mol. The van der Waals surface area contributed by atoms with Gasteiger partial charge in [0, 0.05) is 23.8 Å². The van der Waals surface area contributed by atoms with Crippen LogP contribution < -0.4 is 14.3 Å². The lowest BCUT2D eigenvalue weighted by atomic mass is 10.2. The maximum Gasteiger partial charge on any atom is 0.387 e. The minimum Gasteiger partial charge on any atom is -0.435 e. The van der Waals surface area contributed by atoms with Crippen LogP contribution in [0.15, 0.2) is 52.5 Å². The predicted octanol–water partition coefficient (Wildman–Crippen LogP) is 3.11. The highest BCUT2D eigenvalue weighted by atomic mass is 32.2. The number of hydrogen-bond acceptors (Lipinski definition) is 7. The summed E-state index contributed by atoms with van der Waals surface area (Å²) in [5.74, 6) is -1.07. The Hall–Kier alpha value is -3.42. The molecule has 9 nitrogen and oxygen atoms in total. The highest BCUT2D eigenvalue weighted by molar-refractivity contribution is 7.89. The summed E-state index contributed by atoms with van der Waals surface area (Å²) >= 11 is 0. The van der Waals surface area contributed by atoms with Crippen molar-refractivity contribution >= 4 is 21.9 Å². The van der Waals surface area contributed by atoms with Crippen molar-refractivity contribution in [2.45, 2.75) is 18.1 Å². The first-order chi connectivity index (χ1) is 13.6. The molecule has 0 heterocycles.